The van der Waals surface area contributed by atoms with Crippen molar-refractivity contribution in [3.8, 4) is 0 Å². The van der Waals surface area contributed by atoms with E-state index in [2.05, 4.69) is 10.6 Å². The fraction of sp³-hybridized carbons (Fsp3) is 0.429. The van der Waals surface area contributed by atoms with Gasteiger partial charge in [-0.2, -0.15) is 0 Å². The zero-order valence-electron chi connectivity index (χ0n) is 11.8. The molecule has 5 heteroatoms. The first kappa shape index (κ1) is 15.0. The van der Waals surface area contributed by atoms with Gasteiger partial charge in [0.05, 0.1) is 6.61 Å². The maximum absolute atomic E-state index is 11.7. The van der Waals surface area contributed by atoms with E-state index in [0.29, 0.717) is 6.61 Å². The Bertz CT molecular complexity index is 461. The van der Waals surface area contributed by atoms with Gasteiger partial charge in [0, 0.05) is 5.69 Å². The number of hydrogen-bond donors (Lipinski definition) is 2. The highest BCUT2D eigenvalue weighted by molar-refractivity contribution is 5.92. The van der Waals surface area contributed by atoms with Gasteiger partial charge in [-0.25, -0.2) is 4.79 Å². The molecule has 0 radical (unpaired) electrons. The molecule has 1 aromatic carbocycles. The minimum absolute atomic E-state index is 0.135. The second-order valence-electron chi connectivity index (χ2n) is 4.39. The van der Waals surface area contributed by atoms with Gasteiger partial charge in [-0.15, -0.1) is 0 Å². The number of anilines is 1. The first-order valence-corrected chi connectivity index (χ1v) is 6.22. The topological polar surface area (TPSA) is 67.4 Å². The van der Waals surface area contributed by atoms with Crippen molar-refractivity contribution in [1.82, 2.24) is 5.32 Å². The highest BCUT2D eigenvalue weighted by Gasteiger charge is 2.09. The Balaban J connectivity index is 2.60. The van der Waals surface area contributed by atoms with E-state index >= 15 is 0 Å². The van der Waals surface area contributed by atoms with Crippen LogP contribution in [0.4, 0.5) is 10.5 Å². The summed E-state index contributed by atoms with van der Waals surface area (Å²) in [6.07, 6.45) is 0. The molecule has 0 fully saturated rings. The number of hydrogen-bond acceptors (Lipinski definition) is 3. The molecule has 0 bridgehead atoms. The second-order valence-corrected chi connectivity index (χ2v) is 4.39. The van der Waals surface area contributed by atoms with Crippen LogP contribution in [-0.2, 0) is 9.53 Å². The van der Waals surface area contributed by atoms with Gasteiger partial charge in [0.25, 0.3) is 0 Å². The molecule has 2 amide bonds. The molecule has 19 heavy (non-hydrogen) atoms. The van der Waals surface area contributed by atoms with Crippen LogP contribution in [0.15, 0.2) is 12.1 Å². The number of ether oxygens (including phenoxy) is 1. The average Bonchev–Trinajstić information content (AvgIpc) is 2.31. The van der Waals surface area contributed by atoms with Gasteiger partial charge in [-0.1, -0.05) is 17.7 Å². The van der Waals surface area contributed by atoms with E-state index in [1.165, 1.54) is 0 Å². The number of aryl methyl sites for hydroxylation is 3. The molecule has 0 spiro atoms. The predicted molar refractivity (Wildman–Crippen MR) is 74.3 cm³/mol. The molecule has 0 aliphatic carbocycles. The van der Waals surface area contributed by atoms with Crippen LogP contribution >= 0.6 is 0 Å². The van der Waals surface area contributed by atoms with Crippen molar-refractivity contribution in [2.45, 2.75) is 27.7 Å². The molecule has 0 atom stereocenters. The van der Waals surface area contributed by atoms with Crippen LogP contribution in [0.3, 0.4) is 0 Å². The van der Waals surface area contributed by atoms with Crippen molar-refractivity contribution in [3.63, 3.8) is 0 Å². The van der Waals surface area contributed by atoms with Crippen molar-refractivity contribution in [1.29, 1.82) is 0 Å². The molecule has 2 N–H and O–H groups in total. The van der Waals surface area contributed by atoms with E-state index in [4.69, 9.17) is 4.74 Å². The molecule has 5 nitrogen and oxygen atoms in total. The molecule has 0 saturated carbocycles. The summed E-state index contributed by atoms with van der Waals surface area (Å²) < 4.78 is 4.72. The summed E-state index contributed by atoms with van der Waals surface area (Å²) in [5.41, 5.74) is 3.90. The lowest BCUT2D eigenvalue weighted by molar-refractivity contribution is -0.141. The molecule has 0 aliphatic rings. The van der Waals surface area contributed by atoms with Crippen LogP contribution in [-0.4, -0.2) is 25.2 Å². The quantitative estimate of drug-likeness (QED) is 0.820. The van der Waals surface area contributed by atoms with Gasteiger partial charge in [-0.3, -0.25) is 4.79 Å². The maximum Gasteiger partial charge on any atom is 0.325 e. The van der Waals surface area contributed by atoms with Crippen molar-refractivity contribution >= 4 is 17.7 Å². The summed E-state index contributed by atoms with van der Waals surface area (Å²) in [4.78, 5) is 22.8. The number of benzene rings is 1. The van der Waals surface area contributed by atoms with Crippen LogP contribution in [0.25, 0.3) is 0 Å². The molecule has 0 heterocycles. The summed E-state index contributed by atoms with van der Waals surface area (Å²) in [7, 11) is 0. The van der Waals surface area contributed by atoms with Crippen molar-refractivity contribution < 1.29 is 14.3 Å². The summed E-state index contributed by atoms with van der Waals surface area (Å²) in [5.74, 6) is -0.449. The highest BCUT2D eigenvalue weighted by atomic mass is 16.5. The summed E-state index contributed by atoms with van der Waals surface area (Å²) >= 11 is 0. The number of urea groups is 1. The molecule has 1 aromatic rings. The van der Waals surface area contributed by atoms with Crippen LogP contribution < -0.4 is 10.6 Å². The molecule has 104 valence electrons. The molecule has 0 aromatic heterocycles. The standard InChI is InChI=1S/C14H20N2O3/c1-5-19-12(17)8-15-14(18)16-13-10(3)6-9(2)7-11(13)4/h6-7H,5,8H2,1-4H3,(H2,15,16,18). The van der Waals surface area contributed by atoms with Crippen molar-refractivity contribution in [2.75, 3.05) is 18.5 Å². The molecular weight excluding hydrogens is 244 g/mol. The normalized spacial score (nSPS) is 9.89. The van der Waals surface area contributed by atoms with Gasteiger partial charge in [0.1, 0.15) is 6.54 Å². The van der Waals surface area contributed by atoms with Crippen molar-refractivity contribution in [3.05, 3.63) is 28.8 Å². The maximum atomic E-state index is 11.7. The van der Waals surface area contributed by atoms with Crippen LogP contribution in [0.1, 0.15) is 23.6 Å². The third-order valence-electron chi connectivity index (χ3n) is 2.61. The van der Waals surface area contributed by atoms with Gasteiger partial charge < -0.3 is 15.4 Å². The third kappa shape index (κ3) is 4.62. The van der Waals surface area contributed by atoms with Crippen LogP contribution in [0, 0.1) is 20.8 Å². The number of rotatable bonds is 4. The first-order chi connectivity index (χ1) is 8.93. The Morgan fingerprint density at radius 3 is 2.26 bits per heavy atom. The van der Waals surface area contributed by atoms with Gasteiger partial charge in [0.2, 0.25) is 0 Å². The smallest absolute Gasteiger partial charge is 0.325 e. The minimum Gasteiger partial charge on any atom is -0.465 e. The lowest BCUT2D eigenvalue weighted by atomic mass is 10.1. The Hall–Kier alpha value is -2.04. The van der Waals surface area contributed by atoms with Gasteiger partial charge >= 0.3 is 12.0 Å². The predicted octanol–water partition coefficient (Wildman–Crippen LogP) is 2.30. The lowest BCUT2D eigenvalue weighted by Crippen LogP contribution is -2.34. The Kier molecular flexibility index (Phi) is 5.36. The van der Waals surface area contributed by atoms with E-state index in [1.807, 2.05) is 32.9 Å². The second kappa shape index (κ2) is 6.78. The van der Waals surface area contributed by atoms with Crippen LogP contribution in [0.2, 0.25) is 0 Å². The third-order valence-corrected chi connectivity index (χ3v) is 2.61. The summed E-state index contributed by atoms with van der Waals surface area (Å²) in [6.45, 7) is 7.76. The summed E-state index contributed by atoms with van der Waals surface area (Å²) in [6, 6.07) is 3.57. The number of carbonyl (C=O) groups excluding carboxylic acids is 2. The van der Waals surface area contributed by atoms with E-state index in [-0.39, 0.29) is 6.54 Å². The van der Waals surface area contributed by atoms with Crippen molar-refractivity contribution in [2.24, 2.45) is 0 Å². The van der Waals surface area contributed by atoms with E-state index in [0.717, 1.165) is 22.4 Å². The molecule has 0 unspecified atom stereocenters. The van der Waals surface area contributed by atoms with E-state index in [9.17, 15) is 9.59 Å². The number of carbonyl (C=O) groups is 2. The Morgan fingerprint density at radius 2 is 1.74 bits per heavy atom. The van der Waals surface area contributed by atoms with Crippen LogP contribution in [0.5, 0.6) is 0 Å². The monoisotopic (exact) mass is 264 g/mol. The van der Waals surface area contributed by atoms with Gasteiger partial charge in [0.15, 0.2) is 0 Å². The zero-order valence-corrected chi connectivity index (χ0v) is 11.8. The van der Waals surface area contributed by atoms with E-state index < -0.39 is 12.0 Å². The molecule has 0 aliphatic heterocycles. The average molecular weight is 264 g/mol. The molecule has 1 rings (SSSR count). The van der Waals surface area contributed by atoms with Gasteiger partial charge in [-0.05, 0) is 38.8 Å². The number of nitrogens with one attached hydrogen (secondary N) is 2. The fourth-order valence-electron chi connectivity index (χ4n) is 1.90. The number of esters is 1. The molecular formula is C14H20N2O3. The lowest BCUT2D eigenvalue weighted by Gasteiger charge is -2.13. The highest BCUT2D eigenvalue weighted by Crippen LogP contribution is 2.21. The Morgan fingerprint density at radius 1 is 1.16 bits per heavy atom. The zero-order chi connectivity index (χ0) is 14.4. The molecule has 0 saturated heterocycles. The minimum atomic E-state index is -0.449. The Labute approximate surface area is 113 Å². The largest absolute Gasteiger partial charge is 0.465 e. The number of amides is 2. The van der Waals surface area contributed by atoms with E-state index in [1.54, 1.807) is 6.92 Å². The fourth-order valence-corrected chi connectivity index (χ4v) is 1.90. The first-order valence-electron chi connectivity index (χ1n) is 6.22. The SMILES string of the molecule is CCOC(=O)CNC(=O)Nc1c(C)cc(C)cc1C. The summed E-state index contributed by atoms with van der Waals surface area (Å²) in [5, 5.41) is 5.21.